The molecule has 4 nitrogen and oxygen atoms in total. The van der Waals surface area contributed by atoms with Crippen LogP contribution in [0.4, 0.5) is 0 Å². The lowest BCUT2D eigenvalue weighted by Crippen LogP contribution is -2.52. The summed E-state index contributed by atoms with van der Waals surface area (Å²) in [7, 11) is 0. The van der Waals surface area contributed by atoms with Crippen molar-refractivity contribution >= 4 is 35.2 Å². The molecule has 0 aromatic heterocycles. The van der Waals surface area contributed by atoms with Gasteiger partial charge in [0.2, 0.25) is 11.8 Å². The van der Waals surface area contributed by atoms with Gasteiger partial charge in [-0.05, 0) is 49.1 Å². The van der Waals surface area contributed by atoms with Gasteiger partial charge in [-0.2, -0.15) is 0 Å². The molecule has 0 bridgehead atoms. The van der Waals surface area contributed by atoms with Gasteiger partial charge in [-0.1, -0.05) is 90.8 Å². The third-order valence-corrected chi connectivity index (χ3v) is 7.31. The zero-order chi connectivity index (χ0) is 25.9. The van der Waals surface area contributed by atoms with E-state index >= 15 is 0 Å². The maximum Gasteiger partial charge on any atom is 0.243 e. The van der Waals surface area contributed by atoms with Crippen molar-refractivity contribution in [2.45, 2.75) is 58.0 Å². The number of hydrogen-bond acceptors (Lipinski definition) is 3. The number of aryl methyl sites for hydroxylation is 1. The van der Waals surface area contributed by atoms with Crippen molar-refractivity contribution in [3.8, 4) is 0 Å². The Kier molecular flexibility index (Phi) is 10.9. The molecule has 1 N–H and O–H groups in total. The minimum atomic E-state index is -0.610. The maximum atomic E-state index is 13.7. The summed E-state index contributed by atoms with van der Waals surface area (Å²) in [6, 6.07) is 25.1. The molecule has 3 aromatic rings. The molecule has 0 aliphatic carbocycles. The molecule has 6 heteroatoms. The Balaban J connectivity index is 1.85. The van der Waals surface area contributed by atoms with Crippen molar-refractivity contribution in [3.05, 3.63) is 106 Å². The molecule has 3 aromatic carbocycles. The Morgan fingerprint density at radius 3 is 2.33 bits per heavy atom. The second-order valence-corrected chi connectivity index (χ2v) is 10.6. The van der Waals surface area contributed by atoms with Crippen molar-refractivity contribution in [2.75, 3.05) is 5.75 Å². The first-order valence-corrected chi connectivity index (χ1v) is 13.9. The average molecular weight is 523 g/mol. The first-order valence-electron chi connectivity index (χ1n) is 12.4. The fourth-order valence-electron chi connectivity index (χ4n) is 3.97. The molecule has 0 radical (unpaired) electrons. The summed E-state index contributed by atoms with van der Waals surface area (Å²) in [6.45, 7) is 6.45. The lowest BCUT2D eigenvalue weighted by Gasteiger charge is -2.32. The van der Waals surface area contributed by atoms with Gasteiger partial charge in [0.25, 0.3) is 0 Å². The van der Waals surface area contributed by atoms with Crippen LogP contribution in [0.25, 0.3) is 0 Å². The largest absolute Gasteiger partial charge is 0.352 e. The van der Waals surface area contributed by atoms with Crippen LogP contribution in [-0.2, 0) is 28.3 Å². The summed E-state index contributed by atoms with van der Waals surface area (Å²) in [6.07, 6.45) is 1.28. The van der Waals surface area contributed by atoms with E-state index in [1.54, 1.807) is 4.90 Å². The van der Waals surface area contributed by atoms with Crippen molar-refractivity contribution in [1.82, 2.24) is 10.2 Å². The summed E-state index contributed by atoms with van der Waals surface area (Å²) >= 11 is 7.66. The smallest absolute Gasteiger partial charge is 0.243 e. The monoisotopic (exact) mass is 522 g/mol. The van der Waals surface area contributed by atoms with E-state index in [0.717, 1.165) is 28.7 Å². The van der Waals surface area contributed by atoms with Gasteiger partial charge in [0, 0.05) is 29.8 Å². The van der Waals surface area contributed by atoms with Gasteiger partial charge >= 0.3 is 0 Å². The fourth-order valence-corrected chi connectivity index (χ4v) is 5.04. The zero-order valence-electron chi connectivity index (χ0n) is 21.2. The number of carbonyl (C=O) groups is 2. The number of nitrogens with one attached hydrogen (secondary N) is 1. The summed E-state index contributed by atoms with van der Waals surface area (Å²) in [4.78, 5) is 29.0. The van der Waals surface area contributed by atoms with Crippen LogP contribution in [0, 0.1) is 6.92 Å². The van der Waals surface area contributed by atoms with E-state index < -0.39 is 6.04 Å². The van der Waals surface area contributed by atoms with E-state index in [1.165, 1.54) is 11.8 Å². The van der Waals surface area contributed by atoms with Crippen LogP contribution in [0.1, 0.15) is 42.5 Å². The maximum absolute atomic E-state index is 13.7. The highest BCUT2D eigenvalue weighted by molar-refractivity contribution is 7.99. The van der Waals surface area contributed by atoms with E-state index in [1.807, 2.05) is 93.6 Å². The molecule has 2 amide bonds. The molecular weight excluding hydrogens is 488 g/mol. The third kappa shape index (κ3) is 8.72. The van der Waals surface area contributed by atoms with Crippen LogP contribution < -0.4 is 5.32 Å². The Morgan fingerprint density at radius 1 is 0.944 bits per heavy atom. The fraction of sp³-hybridized carbons (Fsp3) is 0.333. The summed E-state index contributed by atoms with van der Waals surface area (Å²) in [5.74, 6) is 0.783. The normalized spacial score (nSPS) is 12.6. The Hall–Kier alpha value is -2.76. The van der Waals surface area contributed by atoms with Gasteiger partial charge in [0.1, 0.15) is 6.04 Å². The second kappa shape index (κ2) is 14.1. The minimum Gasteiger partial charge on any atom is -0.352 e. The van der Waals surface area contributed by atoms with Crippen molar-refractivity contribution in [2.24, 2.45) is 0 Å². The topological polar surface area (TPSA) is 49.4 Å². The quantitative estimate of drug-likeness (QED) is 0.298. The highest BCUT2D eigenvalue weighted by Gasteiger charge is 2.30. The van der Waals surface area contributed by atoms with E-state index in [9.17, 15) is 9.59 Å². The predicted octanol–water partition coefficient (Wildman–Crippen LogP) is 6.44. The molecular formula is C30H35ClN2O2S. The summed E-state index contributed by atoms with van der Waals surface area (Å²) in [5.41, 5.74) is 4.23. The van der Waals surface area contributed by atoms with Crippen LogP contribution in [-0.4, -0.2) is 34.6 Å². The minimum absolute atomic E-state index is 0.0314. The molecule has 0 aliphatic heterocycles. The molecule has 0 saturated heterocycles. The molecule has 0 saturated carbocycles. The number of halogens is 1. The SMILES string of the molecule is CCC(C)NC(=O)C(Cc1ccccc1)N(Cc1cccc(C)c1)C(=O)CSCc1cccc(Cl)c1. The molecule has 190 valence electrons. The van der Waals surface area contributed by atoms with Crippen LogP contribution in [0.15, 0.2) is 78.9 Å². The molecule has 0 aliphatic rings. The standard InChI is InChI=1S/C30H35ClN2O2S/c1-4-23(3)32-30(35)28(18-24-11-6-5-7-12-24)33(19-25-13-8-10-22(2)16-25)29(34)21-36-20-26-14-9-15-27(31)17-26/h5-17,23,28H,4,18-21H2,1-3H3,(H,32,35). The number of nitrogens with zero attached hydrogens (tertiary/aromatic N) is 1. The number of carbonyl (C=O) groups excluding carboxylic acids is 2. The molecule has 0 fully saturated rings. The Morgan fingerprint density at radius 2 is 1.64 bits per heavy atom. The number of benzene rings is 3. The van der Waals surface area contributed by atoms with E-state index in [-0.39, 0.29) is 23.6 Å². The molecule has 2 unspecified atom stereocenters. The molecule has 3 rings (SSSR count). The van der Waals surface area contributed by atoms with E-state index in [4.69, 9.17) is 11.6 Å². The zero-order valence-corrected chi connectivity index (χ0v) is 22.8. The summed E-state index contributed by atoms with van der Waals surface area (Å²) < 4.78 is 0. The van der Waals surface area contributed by atoms with Gasteiger partial charge in [0.05, 0.1) is 5.75 Å². The van der Waals surface area contributed by atoms with Crippen LogP contribution in [0.3, 0.4) is 0 Å². The molecule has 0 spiro atoms. The summed E-state index contributed by atoms with van der Waals surface area (Å²) in [5, 5.41) is 3.80. The Bertz CT molecular complexity index is 1140. The molecule has 2 atom stereocenters. The van der Waals surface area contributed by atoms with E-state index in [0.29, 0.717) is 23.7 Å². The number of thioether (sulfide) groups is 1. The molecule has 0 heterocycles. The first-order chi connectivity index (χ1) is 17.4. The lowest BCUT2D eigenvalue weighted by molar-refractivity contribution is -0.139. The van der Waals surface area contributed by atoms with Crippen LogP contribution in [0.5, 0.6) is 0 Å². The average Bonchev–Trinajstić information content (AvgIpc) is 2.86. The van der Waals surface area contributed by atoms with Gasteiger partial charge in [-0.25, -0.2) is 0 Å². The molecule has 36 heavy (non-hydrogen) atoms. The highest BCUT2D eigenvalue weighted by Crippen LogP contribution is 2.20. The van der Waals surface area contributed by atoms with Gasteiger partial charge < -0.3 is 10.2 Å². The second-order valence-electron chi connectivity index (χ2n) is 9.16. The first kappa shape index (κ1) is 27.8. The van der Waals surface area contributed by atoms with Gasteiger partial charge in [-0.3, -0.25) is 9.59 Å². The van der Waals surface area contributed by atoms with E-state index in [2.05, 4.69) is 11.4 Å². The number of amides is 2. The van der Waals surface area contributed by atoms with Gasteiger partial charge in [-0.15, -0.1) is 11.8 Å². The number of rotatable bonds is 12. The third-order valence-electron chi connectivity index (χ3n) is 6.09. The van der Waals surface area contributed by atoms with Crippen molar-refractivity contribution in [1.29, 1.82) is 0 Å². The van der Waals surface area contributed by atoms with Crippen molar-refractivity contribution in [3.63, 3.8) is 0 Å². The predicted molar refractivity (Wildman–Crippen MR) is 151 cm³/mol. The number of hydrogen-bond donors (Lipinski definition) is 1. The highest BCUT2D eigenvalue weighted by atomic mass is 35.5. The van der Waals surface area contributed by atoms with Crippen LogP contribution in [0.2, 0.25) is 5.02 Å². The van der Waals surface area contributed by atoms with Crippen LogP contribution >= 0.6 is 23.4 Å². The van der Waals surface area contributed by atoms with Crippen molar-refractivity contribution < 1.29 is 9.59 Å². The lowest BCUT2D eigenvalue weighted by atomic mass is 10.0. The van der Waals surface area contributed by atoms with Gasteiger partial charge in [0.15, 0.2) is 0 Å². The Labute approximate surface area is 224 Å².